The van der Waals surface area contributed by atoms with Crippen molar-refractivity contribution < 1.29 is 14.9 Å². The molecule has 0 saturated carbocycles. The van der Waals surface area contributed by atoms with Gasteiger partial charge in [0.2, 0.25) is 0 Å². The van der Waals surface area contributed by atoms with E-state index in [1.807, 2.05) is 18.2 Å². The van der Waals surface area contributed by atoms with E-state index in [9.17, 15) is 4.79 Å². The second-order valence-corrected chi connectivity index (χ2v) is 2.13. The molecule has 1 N–H and O–H groups in total. The first-order chi connectivity index (χ1) is 5.33. The molecule has 12 heavy (non-hydrogen) atoms. The van der Waals surface area contributed by atoms with Gasteiger partial charge in [-0.25, -0.2) is 4.79 Å². The van der Waals surface area contributed by atoms with E-state index < -0.39 is 5.97 Å². The quantitative estimate of drug-likeness (QED) is 0.428. The molecule has 0 aliphatic rings. The maximum Gasteiger partial charge on any atom is 0.346 e. The Morgan fingerprint density at radius 1 is 1.33 bits per heavy atom. The summed E-state index contributed by atoms with van der Waals surface area (Å²) in [5, 5.41) is 7.95. The molecule has 0 aliphatic carbocycles. The zero-order valence-corrected chi connectivity index (χ0v) is 9.98. The van der Waals surface area contributed by atoms with Gasteiger partial charge < -0.3 is 4.89 Å². The normalized spacial score (nSPS) is 8.42. The third kappa shape index (κ3) is 4.35. The van der Waals surface area contributed by atoms with Crippen molar-refractivity contribution in [2.75, 3.05) is 0 Å². The average Bonchev–Trinajstić information content (AvgIpc) is 2.06. The van der Waals surface area contributed by atoms with E-state index in [-0.39, 0.29) is 57.8 Å². The van der Waals surface area contributed by atoms with Gasteiger partial charge in [-0.15, -0.1) is 0 Å². The topological polar surface area (TPSA) is 46.5 Å². The van der Waals surface area contributed by atoms with Crippen LogP contribution >= 0.6 is 0 Å². The summed E-state index contributed by atoms with van der Waals surface area (Å²) in [5.74, 6) is -0.642. The molecule has 0 aliphatic heterocycles. The summed E-state index contributed by atoms with van der Waals surface area (Å²) >= 11 is 0. The second kappa shape index (κ2) is 6.76. The first-order valence-electron chi connectivity index (χ1n) is 3.21. The summed E-state index contributed by atoms with van der Waals surface area (Å²) in [4.78, 5) is 14.0. The van der Waals surface area contributed by atoms with Gasteiger partial charge in [-0.3, -0.25) is 0 Å². The first kappa shape index (κ1) is 12.3. The Kier molecular flexibility index (Phi) is 6.93. The van der Waals surface area contributed by atoms with Gasteiger partial charge in [-0.1, -0.05) is 30.3 Å². The number of benzene rings is 1. The number of hydrogen-bond acceptors (Lipinski definition) is 3. The molecule has 1 radical (unpaired) electrons. The summed E-state index contributed by atoms with van der Waals surface area (Å²) in [6, 6.07) is 9.07. The van der Waals surface area contributed by atoms with Crippen LogP contribution in [0.15, 0.2) is 30.3 Å². The van der Waals surface area contributed by atoms with Gasteiger partial charge in [0, 0.05) is 51.4 Å². The van der Waals surface area contributed by atoms with Crippen molar-refractivity contribution in [2.24, 2.45) is 0 Å². The van der Waals surface area contributed by atoms with Crippen molar-refractivity contribution in [2.45, 2.75) is 6.42 Å². The summed E-state index contributed by atoms with van der Waals surface area (Å²) in [6.07, 6.45) is 0.108. The number of carbonyl (C=O) groups excluding carboxylic acids is 1. The molecule has 4 heteroatoms. The Morgan fingerprint density at radius 3 is 2.42 bits per heavy atom. The molecule has 1 rings (SSSR count). The van der Waals surface area contributed by atoms with Crippen molar-refractivity contribution >= 4 is 57.4 Å². The van der Waals surface area contributed by atoms with Crippen molar-refractivity contribution in [3.8, 4) is 0 Å². The van der Waals surface area contributed by atoms with Crippen LogP contribution in [0.1, 0.15) is 5.56 Å². The average molecular weight is 191 g/mol. The van der Waals surface area contributed by atoms with Crippen LogP contribution in [0.25, 0.3) is 0 Å². The van der Waals surface area contributed by atoms with Crippen molar-refractivity contribution in [3.63, 3.8) is 0 Å². The van der Waals surface area contributed by atoms with Gasteiger partial charge >= 0.3 is 5.97 Å². The Balaban J connectivity index is 0.00000121. The summed E-state index contributed by atoms with van der Waals surface area (Å²) in [7, 11) is 0. The van der Waals surface area contributed by atoms with Gasteiger partial charge in [-0.2, -0.15) is 5.26 Å². The molecule has 0 unspecified atom stereocenters. The smallest absolute Gasteiger partial charge is 0.301 e. The Morgan fingerprint density at radius 2 is 1.92 bits per heavy atom. The number of hydrogen-bond donors (Lipinski definition) is 1. The third-order valence-corrected chi connectivity index (χ3v) is 1.29. The molecule has 0 aromatic heterocycles. The molecule has 0 bridgehead atoms. The second-order valence-electron chi connectivity index (χ2n) is 2.13. The summed E-state index contributed by atoms with van der Waals surface area (Å²) in [6.45, 7) is 0. The van der Waals surface area contributed by atoms with Crippen LogP contribution in [0.3, 0.4) is 0 Å². The third-order valence-electron chi connectivity index (χ3n) is 1.29. The van der Waals surface area contributed by atoms with Crippen LogP contribution in [-0.2, 0) is 16.1 Å². The molecule has 59 valence electrons. The number of carbonyl (C=O) groups is 1. The molecule has 0 amide bonds. The van der Waals surface area contributed by atoms with Gasteiger partial charge in [0.15, 0.2) is 0 Å². The standard InChI is InChI=1S/C8H8O3.K/c9-8(11-10)6-7-4-2-1-3-5-7;/h1-5,10H,6H2;. The molecule has 3 nitrogen and oxygen atoms in total. The van der Waals surface area contributed by atoms with Crippen LogP contribution in [-0.4, -0.2) is 62.6 Å². The first-order valence-corrected chi connectivity index (χ1v) is 3.21. The molecule has 0 saturated heterocycles. The van der Waals surface area contributed by atoms with E-state index in [1.54, 1.807) is 12.1 Å². The predicted octanol–water partition coefficient (Wildman–Crippen LogP) is 0.864. The molecule has 1 aromatic rings. The minimum absolute atomic E-state index is 0. The zero-order valence-electron chi connectivity index (χ0n) is 6.86. The molecular formula is C8H8KO3. The van der Waals surface area contributed by atoms with Crippen LogP contribution in [0.2, 0.25) is 0 Å². The molecule has 0 heterocycles. The van der Waals surface area contributed by atoms with Crippen LogP contribution in [0.4, 0.5) is 0 Å². The maximum atomic E-state index is 10.5. The fourth-order valence-electron chi connectivity index (χ4n) is 0.795. The minimum atomic E-state index is -0.642. The summed E-state index contributed by atoms with van der Waals surface area (Å²) in [5.41, 5.74) is 0.826. The SMILES string of the molecule is O=C(Cc1ccccc1)OO.[K]. The van der Waals surface area contributed by atoms with Crippen LogP contribution < -0.4 is 0 Å². The van der Waals surface area contributed by atoms with E-state index in [0.29, 0.717) is 0 Å². The van der Waals surface area contributed by atoms with E-state index in [2.05, 4.69) is 4.89 Å². The molecule has 0 spiro atoms. The maximum absolute atomic E-state index is 10.5. The monoisotopic (exact) mass is 191 g/mol. The fraction of sp³-hybridized carbons (Fsp3) is 0.125. The van der Waals surface area contributed by atoms with E-state index in [4.69, 9.17) is 5.26 Å². The van der Waals surface area contributed by atoms with Crippen molar-refractivity contribution in [1.29, 1.82) is 0 Å². The summed E-state index contributed by atoms with van der Waals surface area (Å²) < 4.78 is 0. The molecule has 0 atom stereocenters. The van der Waals surface area contributed by atoms with Crippen molar-refractivity contribution in [3.05, 3.63) is 35.9 Å². The Hall–Kier alpha value is 0.286. The van der Waals surface area contributed by atoms with E-state index in [0.717, 1.165) is 5.56 Å². The van der Waals surface area contributed by atoms with E-state index >= 15 is 0 Å². The Bertz CT molecular complexity index is 235. The van der Waals surface area contributed by atoms with Gasteiger partial charge in [-0.05, 0) is 5.56 Å². The molecule has 1 aromatic carbocycles. The van der Waals surface area contributed by atoms with Crippen molar-refractivity contribution in [1.82, 2.24) is 0 Å². The number of rotatable bonds is 2. The zero-order chi connectivity index (χ0) is 8.10. The fourth-order valence-corrected chi connectivity index (χ4v) is 0.795. The van der Waals surface area contributed by atoms with Gasteiger partial charge in [0.25, 0.3) is 0 Å². The van der Waals surface area contributed by atoms with E-state index in [1.165, 1.54) is 0 Å². The van der Waals surface area contributed by atoms with Gasteiger partial charge in [0.05, 0.1) is 6.42 Å². The largest absolute Gasteiger partial charge is 0.346 e. The Labute approximate surface area is 113 Å². The molecule has 0 fully saturated rings. The van der Waals surface area contributed by atoms with Gasteiger partial charge in [0.1, 0.15) is 0 Å². The molecular weight excluding hydrogens is 183 g/mol. The van der Waals surface area contributed by atoms with Crippen LogP contribution in [0, 0.1) is 0 Å². The minimum Gasteiger partial charge on any atom is -0.301 e. The predicted molar refractivity (Wildman–Crippen MR) is 44.6 cm³/mol. The van der Waals surface area contributed by atoms with Crippen LogP contribution in [0.5, 0.6) is 0 Å².